The largest absolute Gasteiger partial charge is 0.379 e. The highest BCUT2D eigenvalue weighted by Crippen LogP contribution is 2.28. The molecule has 0 spiro atoms. The number of aromatic nitrogens is 3. The lowest BCUT2D eigenvalue weighted by atomic mass is 10.2. The summed E-state index contributed by atoms with van der Waals surface area (Å²) in [4.78, 5) is 15.8. The fourth-order valence-corrected chi connectivity index (χ4v) is 2.28. The first kappa shape index (κ1) is 16.4. The Hall–Kier alpha value is -2.41. The zero-order valence-electron chi connectivity index (χ0n) is 13.6. The van der Waals surface area contributed by atoms with E-state index in [1.165, 1.54) is 18.4 Å². The molecule has 1 fully saturated rings. The van der Waals surface area contributed by atoms with E-state index in [4.69, 9.17) is 4.74 Å². The number of carbonyl (C=O) groups is 1. The number of carbonyl (C=O) groups excluding carboxylic acids is 1. The van der Waals surface area contributed by atoms with E-state index in [0.29, 0.717) is 19.0 Å². The Kier molecular flexibility index (Phi) is 5.79. The van der Waals surface area contributed by atoms with E-state index in [1.807, 2.05) is 23.0 Å². The Morgan fingerprint density at radius 2 is 2.12 bits per heavy atom. The first-order valence-corrected chi connectivity index (χ1v) is 8.34. The van der Waals surface area contributed by atoms with Gasteiger partial charge < -0.3 is 10.1 Å². The number of amides is 2. The van der Waals surface area contributed by atoms with Crippen LogP contribution in [0, 0.1) is 5.92 Å². The molecular formula is C17H23N5O2. The standard InChI is InChI=1S/C17H23N5O2/c23-17(19-9-12-24-13-15-1-2-15)20-16-6-11-22(21-16)10-5-14-3-7-18-8-4-14/h3-4,6-8,11,15H,1-2,5,9-10,12-13H2,(H2,19,20,21,23). The fourth-order valence-electron chi connectivity index (χ4n) is 2.28. The Morgan fingerprint density at radius 1 is 1.29 bits per heavy atom. The van der Waals surface area contributed by atoms with Crippen LogP contribution in [0.4, 0.5) is 10.6 Å². The van der Waals surface area contributed by atoms with Crippen molar-refractivity contribution < 1.29 is 9.53 Å². The molecule has 0 saturated heterocycles. The molecule has 0 atom stereocenters. The van der Waals surface area contributed by atoms with Gasteiger partial charge in [-0.3, -0.25) is 15.0 Å². The molecule has 128 valence electrons. The van der Waals surface area contributed by atoms with E-state index < -0.39 is 0 Å². The maximum atomic E-state index is 11.8. The summed E-state index contributed by atoms with van der Waals surface area (Å²) in [5.74, 6) is 1.29. The number of pyridine rings is 1. The van der Waals surface area contributed by atoms with Crippen LogP contribution in [0.5, 0.6) is 0 Å². The highest BCUT2D eigenvalue weighted by molar-refractivity contribution is 5.88. The van der Waals surface area contributed by atoms with Crippen molar-refractivity contribution in [1.82, 2.24) is 20.1 Å². The zero-order chi connectivity index (χ0) is 16.6. The van der Waals surface area contributed by atoms with Crippen LogP contribution in [0.2, 0.25) is 0 Å². The number of hydrogen-bond acceptors (Lipinski definition) is 4. The van der Waals surface area contributed by atoms with Crippen molar-refractivity contribution in [2.24, 2.45) is 5.92 Å². The van der Waals surface area contributed by atoms with Gasteiger partial charge in [-0.2, -0.15) is 5.10 Å². The van der Waals surface area contributed by atoms with Gasteiger partial charge in [0.2, 0.25) is 0 Å². The molecule has 2 aromatic rings. The van der Waals surface area contributed by atoms with Crippen LogP contribution in [0.15, 0.2) is 36.8 Å². The summed E-state index contributed by atoms with van der Waals surface area (Å²) >= 11 is 0. The van der Waals surface area contributed by atoms with E-state index >= 15 is 0 Å². The second-order valence-electron chi connectivity index (χ2n) is 5.97. The highest BCUT2D eigenvalue weighted by Gasteiger charge is 2.20. The topological polar surface area (TPSA) is 81.1 Å². The maximum absolute atomic E-state index is 11.8. The van der Waals surface area contributed by atoms with Crippen molar-refractivity contribution >= 4 is 11.8 Å². The van der Waals surface area contributed by atoms with Gasteiger partial charge in [-0.05, 0) is 42.9 Å². The number of nitrogens with zero attached hydrogens (tertiary/aromatic N) is 3. The molecule has 0 unspecified atom stereocenters. The predicted octanol–water partition coefficient (Wildman–Crippen LogP) is 2.07. The van der Waals surface area contributed by atoms with Crippen LogP contribution in [0.3, 0.4) is 0 Å². The number of nitrogens with one attached hydrogen (secondary N) is 2. The van der Waals surface area contributed by atoms with Gasteiger partial charge in [-0.1, -0.05) is 0 Å². The minimum Gasteiger partial charge on any atom is -0.379 e. The van der Waals surface area contributed by atoms with Gasteiger partial charge in [-0.25, -0.2) is 4.79 Å². The maximum Gasteiger partial charge on any atom is 0.320 e. The molecule has 2 aromatic heterocycles. The molecule has 0 aliphatic heterocycles. The van der Waals surface area contributed by atoms with Gasteiger partial charge in [0.25, 0.3) is 0 Å². The molecule has 1 aliphatic rings. The molecule has 0 aromatic carbocycles. The van der Waals surface area contributed by atoms with Gasteiger partial charge in [0.05, 0.1) is 6.61 Å². The van der Waals surface area contributed by atoms with Crippen LogP contribution in [-0.4, -0.2) is 40.6 Å². The second-order valence-corrected chi connectivity index (χ2v) is 5.97. The molecule has 7 heteroatoms. The van der Waals surface area contributed by atoms with E-state index in [0.717, 1.165) is 25.5 Å². The third kappa shape index (κ3) is 5.66. The summed E-state index contributed by atoms with van der Waals surface area (Å²) in [7, 11) is 0. The summed E-state index contributed by atoms with van der Waals surface area (Å²) in [6, 6.07) is 5.50. The number of anilines is 1. The molecule has 0 bridgehead atoms. The van der Waals surface area contributed by atoms with Crippen LogP contribution in [-0.2, 0) is 17.7 Å². The molecule has 24 heavy (non-hydrogen) atoms. The van der Waals surface area contributed by atoms with Gasteiger partial charge in [0.15, 0.2) is 5.82 Å². The quantitative estimate of drug-likeness (QED) is 0.690. The summed E-state index contributed by atoms with van der Waals surface area (Å²) in [5, 5.41) is 9.83. The summed E-state index contributed by atoms with van der Waals surface area (Å²) < 4.78 is 7.28. The number of urea groups is 1. The normalized spacial score (nSPS) is 13.7. The lowest BCUT2D eigenvalue weighted by Gasteiger charge is -2.06. The van der Waals surface area contributed by atoms with Crippen LogP contribution < -0.4 is 10.6 Å². The first-order valence-electron chi connectivity index (χ1n) is 8.34. The number of aryl methyl sites for hydroxylation is 2. The second kappa shape index (κ2) is 8.44. The van der Waals surface area contributed by atoms with Gasteiger partial charge >= 0.3 is 6.03 Å². The van der Waals surface area contributed by atoms with Crippen molar-refractivity contribution in [2.45, 2.75) is 25.8 Å². The average Bonchev–Trinajstić information content (AvgIpc) is 3.32. The Labute approximate surface area is 141 Å². The Bertz CT molecular complexity index is 639. The molecule has 3 rings (SSSR count). The number of rotatable bonds is 9. The fraction of sp³-hybridized carbons (Fsp3) is 0.471. The number of hydrogen-bond donors (Lipinski definition) is 2. The van der Waals surface area contributed by atoms with Crippen molar-refractivity contribution in [2.75, 3.05) is 25.1 Å². The molecule has 7 nitrogen and oxygen atoms in total. The summed E-state index contributed by atoms with van der Waals surface area (Å²) in [6.45, 7) is 2.61. The monoisotopic (exact) mass is 329 g/mol. The summed E-state index contributed by atoms with van der Waals surface area (Å²) in [6.07, 6.45) is 8.84. The van der Waals surface area contributed by atoms with Crippen molar-refractivity contribution in [3.63, 3.8) is 0 Å². The third-order valence-corrected chi connectivity index (χ3v) is 3.84. The van der Waals surface area contributed by atoms with Crippen molar-refractivity contribution in [1.29, 1.82) is 0 Å². The average molecular weight is 329 g/mol. The minimum absolute atomic E-state index is 0.260. The zero-order valence-corrected chi connectivity index (χ0v) is 13.6. The molecule has 0 radical (unpaired) electrons. The van der Waals surface area contributed by atoms with Gasteiger partial charge in [0, 0.05) is 44.4 Å². The van der Waals surface area contributed by atoms with E-state index in [1.54, 1.807) is 18.5 Å². The third-order valence-electron chi connectivity index (χ3n) is 3.84. The van der Waals surface area contributed by atoms with Crippen LogP contribution in [0.1, 0.15) is 18.4 Å². The molecule has 2 heterocycles. The van der Waals surface area contributed by atoms with Crippen molar-refractivity contribution in [3.05, 3.63) is 42.4 Å². The molecule has 1 aliphatic carbocycles. The van der Waals surface area contributed by atoms with Crippen LogP contribution >= 0.6 is 0 Å². The predicted molar refractivity (Wildman–Crippen MR) is 90.7 cm³/mol. The lowest BCUT2D eigenvalue weighted by molar-refractivity contribution is 0.127. The smallest absolute Gasteiger partial charge is 0.320 e. The Balaban J connectivity index is 1.33. The van der Waals surface area contributed by atoms with Crippen molar-refractivity contribution in [3.8, 4) is 0 Å². The lowest BCUT2D eigenvalue weighted by Crippen LogP contribution is -2.31. The number of ether oxygens (including phenoxy) is 1. The van der Waals surface area contributed by atoms with E-state index in [-0.39, 0.29) is 6.03 Å². The van der Waals surface area contributed by atoms with Crippen LogP contribution in [0.25, 0.3) is 0 Å². The molecular weight excluding hydrogens is 306 g/mol. The van der Waals surface area contributed by atoms with E-state index in [9.17, 15) is 4.79 Å². The SMILES string of the molecule is O=C(NCCOCC1CC1)Nc1ccn(CCc2ccncc2)n1. The minimum atomic E-state index is -0.260. The highest BCUT2D eigenvalue weighted by atomic mass is 16.5. The molecule has 2 N–H and O–H groups in total. The summed E-state index contributed by atoms with van der Waals surface area (Å²) in [5.41, 5.74) is 1.21. The Morgan fingerprint density at radius 3 is 2.92 bits per heavy atom. The van der Waals surface area contributed by atoms with E-state index in [2.05, 4.69) is 20.7 Å². The molecule has 2 amide bonds. The first-order chi connectivity index (χ1) is 11.8. The van der Waals surface area contributed by atoms with Gasteiger partial charge in [0.1, 0.15) is 0 Å². The molecule has 1 saturated carbocycles. The van der Waals surface area contributed by atoms with Gasteiger partial charge in [-0.15, -0.1) is 0 Å².